The van der Waals surface area contributed by atoms with Crippen molar-refractivity contribution in [3.8, 4) is 5.75 Å². The summed E-state index contributed by atoms with van der Waals surface area (Å²) >= 11 is 8.77. The molecule has 0 atom stereocenters. The van der Waals surface area contributed by atoms with E-state index in [-0.39, 0.29) is 5.69 Å². The van der Waals surface area contributed by atoms with Crippen molar-refractivity contribution in [2.24, 2.45) is 0 Å². The Bertz CT molecular complexity index is 783. The normalized spacial score (nSPS) is 10.1. The monoisotopic (exact) mass is 409 g/mol. The molecule has 24 heavy (non-hydrogen) atoms. The third-order valence-electron chi connectivity index (χ3n) is 3.34. The van der Waals surface area contributed by atoms with E-state index < -0.39 is 4.92 Å². The van der Waals surface area contributed by atoms with Crippen molar-refractivity contribution in [3.05, 3.63) is 56.5 Å². The molecule has 0 heterocycles. The standard InChI is InChI=1S/C16H16BrN3O3S/c1-3-10-8-11(17)4-6-13(10)18-16(24)19-14-7-5-12(20(21)22)9-15(14)23-2/h4-9H,3H2,1-2H3,(H2,18,19,24). The highest BCUT2D eigenvalue weighted by atomic mass is 79.9. The Morgan fingerprint density at radius 3 is 2.54 bits per heavy atom. The zero-order chi connectivity index (χ0) is 17.7. The van der Waals surface area contributed by atoms with Crippen LogP contribution in [0.25, 0.3) is 0 Å². The maximum atomic E-state index is 10.8. The minimum absolute atomic E-state index is 0.0440. The summed E-state index contributed by atoms with van der Waals surface area (Å²) in [5, 5.41) is 17.3. The Hall–Kier alpha value is -2.19. The largest absolute Gasteiger partial charge is 0.494 e. The number of methoxy groups -OCH3 is 1. The van der Waals surface area contributed by atoms with Crippen molar-refractivity contribution in [2.75, 3.05) is 17.7 Å². The number of aryl methyl sites for hydroxylation is 1. The zero-order valence-corrected chi connectivity index (χ0v) is 15.5. The van der Waals surface area contributed by atoms with Gasteiger partial charge in [0, 0.05) is 16.2 Å². The van der Waals surface area contributed by atoms with Crippen LogP contribution in [0.1, 0.15) is 12.5 Å². The van der Waals surface area contributed by atoms with Crippen LogP contribution < -0.4 is 15.4 Å². The molecule has 0 aliphatic heterocycles. The number of nitro groups is 1. The van der Waals surface area contributed by atoms with Crippen molar-refractivity contribution in [2.45, 2.75) is 13.3 Å². The summed E-state index contributed by atoms with van der Waals surface area (Å²) in [5.41, 5.74) is 2.52. The van der Waals surface area contributed by atoms with Gasteiger partial charge >= 0.3 is 0 Å². The molecule has 0 fully saturated rings. The predicted octanol–water partition coefficient (Wildman–Crippen LogP) is 4.74. The quantitative estimate of drug-likeness (QED) is 0.421. The van der Waals surface area contributed by atoms with Crippen LogP contribution in [0, 0.1) is 10.1 Å². The fraction of sp³-hybridized carbons (Fsp3) is 0.188. The van der Waals surface area contributed by atoms with Gasteiger partial charge in [0.25, 0.3) is 5.69 Å². The minimum Gasteiger partial charge on any atom is -0.494 e. The van der Waals surface area contributed by atoms with Crippen LogP contribution in [0.5, 0.6) is 5.75 Å². The second-order valence-corrected chi connectivity index (χ2v) is 6.20. The lowest BCUT2D eigenvalue weighted by Gasteiger charge is -2.15. The van der Waals surface area contributed by atoms with Crippen molar-refractivity contribution in [1.29, 1.82) is 0 Å². The summed E-state index contributed by atoms with van der Waals surface area (Å²) in [6, 6.07) is 10.2. The summed E-state index contributed by atoms with van der Waals surface area (Å²) in [6.07, 6.45) is 0.852. The van der Waals surface area contributed by atoms with Crippen LogP contribution in [0.3, 0.4) is 0 Å². The van der Waals surface area contributed by atoms with Crippen LogP contribution in [0.15, 0.2) is 40.9 Å². The molecule has 0 aliphatic carbocycles. The summed E-state index contributed by atoms with van der Waals surface area (Å²) in [6.45, 7) is 2.06. The number of nitro benzene ring substituents is 1. The van der Waals surface area contributed by atoms with Crippen molar-refractivity contribution in [3.63, 3.8) is 0 Å². The van der Waals surface area contributed by atoms with E-state index in [1.54, 1.807) is 6.07 Å². The molecule has 2 N–H and O–H groups in total. The lowest BCUT2D eigenvalue weighted by atomic mass is 10.1. The third-order valence-corrected chi connectivity index (χ3v) is 4.04. The highest BCUT2D eigenvalue weighted by Gasteiger charge is 2.12. The van der Waals surface area contributed by atoms with Gasteiger partial charge in [-0.1, -0.05) is 22.9 Å². The van der Waals surface area contributed by atoms with Crippen LogP contribution in [0.2, 0.25) is 0 Å². The molecule has 0 saturated heterocycles. The van der Waals surface area contributed by atoms with Crippen LogP contribution in [-0.4, -0.2) is 17.1 Å². The Balaban J connectivity index is 2.17. The molecule has 126 valence electrons. The molecule has 0 unspecified atom stereocenters. The van der Waals surface area contributed by atoms with E-state index in [9.17, 15) is 10.1 Å². The van der Waals surface area contributed by atoms with E-state index in [4.69, 9.17) is 17.0 Å². The number of rotatable bonds is 5. The fourth-order valence-corrected chi connectivity index (χ4v) is 2.78. The maximum absolute atomic E-state index is 10.8. The molecule has 8 heteroatoms. The number of benzene rings is 2. The van der Waals surface area contributed by atoms with E-state index in [0.29, 0.717) is 16.5 Å². The van der Waals surface area contributed by atoms with Gasteiger partial charge in [0.2, 0.25) is 0 Å². The minimum atomic E-state index is -0.474. The first-order valence-corrected chi connectivity index (χ1v) is 8.33. The number of anilines is 2. The fourth-order valence-electron chi connectivity index (χ4n) is 2.15. The Morgan fingerprint density at radius 1 is 1.25 bits per heavy atom. The summed E-state index contributed by atoms with van der Waals surface area (Å²) in [4.78, 5) is 10.4. The molecule has 0 radical (unpaired) electrons. The number of hydrogen-bond acceptors (Lipinski definition) is 4. The molecule has 2 aromatic rings. The number of ether oxygens (including phenoxy) is 1. The second-order valence-electron chi connectivity index (χ2n) is 4.88. The number of hydrogen-bond donors (Lipinski definition) is 2. The summed E-state index contributed by atoms with van der Waals surface area (Å²) in [5.74, 6) is 0.347. The topological polar surface area (TPSA) is 76.4 Å². The molecule has 6 nitrogen and oxygen atoms in total. The van der Waals surface area contributed by atoms with E-state index in [1.165, 1.54) is 19.2 Å². The van der Waals surface area contributed by atoms with Gasteiger partial charge in [0.1, 0.15) is 5.75 Å². The molecular formula is C16H16BrN3O3S. The summed E-state index contributed by atoms with van der Waals surface area (Å²) < 4.78 is 6.19. The van der Waals surface area contributed by atoms with E-state index >= 15 is 0 Å². The Morgan fingerprint density at radius 2 is 1.92 bits per heavy atom. The van der Waals surface area contributed by atoms with Gasteiger partial charge < -0.3 is 15.4 Å². The predicted molar refractivity (Wildman–Crippen MR) is 103 cm³/mol. The van der Waals surface area contributed by atoms with Crippen LogP contribution in [0.4, 0.5) is 17.1 Å². The first-order valence-electron chi connectivity index (χ1n) is 7.13. The lowest BCUT2D eigenvalue weighted by Crippen LogP contribution is -2.20. The van der Waals surface area contributed by atoms with Gasteiger partial charge in [-0.2, -0.15) is 0 Å². The zero-order valence-electron chi connectivity index (χ0n) is 13.1. The molecule has 0 spiro atoms. The maximum Gasteiger partial charge on any atom is 0.273 e. The van der Waals surface area contributed by atoms with E-state index in [1.807, 2.05) is 18.2 Å². The van der Waals surface area contributed by atoms with Crippen LogP contribution >= 0.6 is 28.1 Å². The average molecular weight is 410 g/mol. The molecule has 0 amide bonds. The first-order chi connectivity index (χ1) is 11.4. The Labute approximate surface area is 153 Å². The number of non-ortho nitro benzene ring substituents is 1. The highest BCUT2D eigenvalue weighted by molar-refractivity contribution is 9.10. The van der Waals surface area contributed by atoms with Crippen molar-refractivity contribution >= 4 is 50.3 Å². The number of thiocarbonyl (C=S) groups is 1. The lowest BCUT2D eigenvalue weighted by molar-refractivity contribution is -0.384. The van der Waals surface area contributed by atoms with Crippen LogP contribution in [-0.2, 0) is 6.42 Å². The SMILES string of the molecule is CCc1cc(Br)ccc1NC(=S)Nc1ccc([N+](=O)[O-])cc1OC. The molecule has 2 aromatic carbocycles. The number of halogens is 1. The number of nitrogens with zero attached hydrogens (tertiary/aromatic N) is 1. The van der Waals surface area contributed by atoms with Gasteiger partial charge in [-0.05, 0) is 48.5 Å². The molecular weight excluding hydrogens is 394 g/mol. The van der Waals surface area contributed by atoms with E-state index in [0.717, 1.165) is 22.1 Å². The molecule has 0 bridgehead atoms. The number of nitrogens with one attached hydrogen (secondary N) is 2. The van der Waals surface area contributed by atoms with Gasteiger partial charge in [-0.15, -0.1) is 0 Å². The molecule has 0 saturated carbocycles. The van der Waals surface area contributed by atoms with Gasteiger partial charge in [0.05, 0.1) is 23.8 Å². The van der Waals surface area contributed by atoms with Gasteiger partial charge in [-0.3, -0.25) is 10.1 Å². The average Bonchev–Trinajstić information content (AvgIpc) is 2.56. The smallest absolute Gasteiger partial charge is 0.273 e. The van der Waals surface area contributed by atoms with Crippen molar-refractivity contribution in [1.82, 2.24) is 0 Å². The van der Waals surface area contributed by atoms with Gasteiger partial charge in [0.15, 0.2) is 5.11 Å². The summed E-state index contributed by atoms with van der Waals surface area (Å²) in [7, 11) is 1.45. The highest BCUT2D eigenvalue weighted by Crippen LogP contribution is 2.29. The third kappa shape index (κ3) is 4.42. The van der Waals surface area contributed by atoms with E-state index in [2.05, 4.69) is 33.5 Å². The van der Waals surface area contributed by atoms with Gasteiger partial charge in [-0.25, -0.2) is 0 Å². The first kappa shape index (κ1) is 18.2. The molecule has 0 aromatic heterocycles. The Kier molecular flexibility index (Phi) is 6.10. The van der Waals surface area contributed by atoms with Crippen molar-refractivity contribution < 1.29 is 9.66 Å². The molecule has 0 aliphatic rings. The molecule has 2 rings (SSSR count). The second kappa shape index (κ2) is 8.07.